The van der Waals surface area contributed by atoms with Gasteiger partial charge in [-0.2, -0.15) is 0 Å². The monoisotopic (exact) mass is 301 g/mol. The van der Waals surface area contributed by atoms with Crippen LogP contribution in [0.5, 0.6) is 0 Å². The van der Waals surface area contributed by atoms with Gasteiger partial charge in [-0.25, -0.2) is 0 Å². The van der Waals surface area contributed by atoms with Crippen LogP contribution in [-0.2, 0) is 0 Å². The lowest BCUT2D eigenvalue weighted by Crippen LogP contribution is -2.50. The van der Waals surface area contributed by atoms with E-state index in [2.05, 4.69) is 27.4 Å². The van der Waals surface area contributed by atoms with Crippen LogP contribution in [-0.4, -0.2) is 5.71 Å². The molecule has 1 nitrogen and oxygen atoms in total. The van der Waals surface area contributed by atoms with Gasteiger partial charge < -0.3 is 5.41 Å². The number of rotatable bonds is 3. The summed E-state index contributed by atoms with van der Waals surface area (Å²) in [5.74, 6) is 3.17. The number of hydrogen-bond donors (Lipinski definition) is 1. The summed E-state index contributed by atoms with van der Waals surface area (Å²) in [7, 11) is 0. The average molecular weight is 302 g/mol. The van der Waals surface area contributed by atoms with Crippen LogP contribution in [0.1, 0.15) is 79.1 Å². The van der Waals surface area contributed by atoms with Gasteiger partial charge in [0, 0.05) is 11.6 Å². The highest BCUT2D eigenvalue weighted by Gasteiger charge is 2.58. The zero-order valence-corrected chi connectivity index (χ0v) is 15.2. The van der Waals surface area contributed by atoms with Crippen molar-refractivity contribution >= 4 is 5.71 Å². The van der Waals surface area contributed by atoms with E-state index in [1.54, 1.807) is 0 Å². The molecule has 3 fully saturated rings. The van der Waals surface area contributed by atoms with E-state index in [0.717, 1.165) is 23.5 Å². The van der Waals surface area contributed by atoms with Crippen LogP contribution in [0.3, 0.4) is 0 Å². The van der Waals surface area contributed by atoms with Gasteiger partial charge >= 0.3 is 0 Å². The molecule has 0 radical (unpaired) electrons. The maximum Gasteiger partial charge on any atom is 0.00946 e. The Kier molecular flexibility index (Phi) is 4.06. The van der Waals surface area contributed by atoms with E-state index in [1.807, 2.05) is 6.92 Å². The minimum absolute atomic E-state index is 0.386. The summed E-state index contributed by atoms with van der Waals surface area (Å²) >= 11 is 0. The van der Waals surface area contributed by atoms with Gasteiger partial charge in [0.1, 0.15) is 0 Å². The third kappa shape index (κ3) is 2.14. The van der Waals surface area contributed by atoms with Gasteiger partial charge in [0.25, 0.3) is 0 Å². The van der Waals surface area contributed by atoms with E-state index < -0.39 is 0 Å². The smallest absolute Gasteiger partial charge is 0.00946 e. The second kappa shape index (κ2) is 5.49. The zero-order chi connectivity index (χ0) is 16.1. The molecule has 0 saturated heterocycles. The summed E-state index contributed by atoms with van der Waals surface area (Å²) in [6, 6.07) is 0. The van der Waals surface area contributed by atoms with Crippen molar-refractivity contribution < 1.29 is 0 Å². The Labute approximate surface area is 137 Å². The highest BCUT2D eigenvalue weighted by molar-refractivity contribution is 5.82. The van der Waals surface area contributed by atoms with Crippen LogP contribution in [0, 0.1) is 39.9 Å². The fourth-order valence-corrected chi connectivity index (χ4v) is 6.96. The highest BCUT2D eigenvalue weighted by atomic mass is 14.6. The molecular formula is C21H35N. The molecule has 6 atom stereocenters. The van der Waals surface area contributed by atoms with Gasteiger partial charge in [-0.05, 0) is 80.5 Å². The SMILES string of the molecule is C=C1CCC2C(CCC3(C)C(C(C)=N)CCC23)C1(C)CCC. The Morgan fingerprint density at radius 2 is 1.91 bits per heavy atom. The lowest BCUT2D eigenvalue weighted by atomic mass is 9.47. The maximum absolute atomic E-state index is 8.23. The van der Waals surface area contributed by atoms with Gasteiger partial charge in [0.15, 0.2) is 0 Å². The fourth-order valence-electron chi connectivity index (χ4n) is 6.96. The molecule has 3 rings (SSSR count). The molecule has 0 amide bonds. The molecule has 0 aromatic heterocycles. The van der Waals surface area contributed by atoms with E-state index in [9.17, 15) is 0 Å². The molecular weight excluding hydrogens is 266 g/mol. The predicted octanol–water partition coefficient (Wildman–Crippen LogP) is 6.24. The molecule has 0 aliphatic heterocycles. The molecule has 0 aromatic rings. The number of hydrogen-bond acceptors (Lipinski definition) is 1. The molecule has 1 heteroatoms. The van der Waals surface area contributed by atoms with Crippen LogP contribution in [0.4, 0.5) is 0 Å². The Hall–Kier alpha value is -0.590. The van der Waals surface area contributed by atoms with Gasteiger partial charge in [-0.3, -0.25) is 0 Å². The number of allylic oxidation sites excluding steroid dienone is 1. The molecule has 3 aliphatic carbocycles. The molecule has 3 aliphatic rings. The second-order valence-corrected chi connectivity index (χ2v) is 9.04. The minimum Gasteiger partial charge on any atom is -0.310 e. The number of nitrogens with one attached hydrogen (secondary N) is 1. The van der Waals surface area contributed by atoms with Crippen molar-refractivity contribution in [1.82, 2.24) is 0 Å². The Morgan fingerprint density at radius 3 is 2.55 bits per heavy atom. The van der Waals surface area contributed by atoms with Crippen LogP contribution in [0.2, 0.25) is 0 Å². The molecule has 0 bridgehead atoms. The van der Waals surface area contributed by atoms with Gasteiger partial charge in [-0.15, -0.1) is 0 Å². The predicted molar refractivity (Wildman–Crippen MR) is 95.3 cm³/mol. The highest BCUT2D eigenvalue weighted by Crippen LogP contribution is 2.65. The average Bonchev–Trinajstić information content (AvgIpc) is 2.81. The van der Waals surface area contributed by atoms with Crippen LogP contribution in [0.25, 0.3) is 0 Å². The molecule has 22 heavy (non-hydrogen) atoms. The first-order valence-corrected chi connectivity index (χ1v) is 9.58. The van der Waals surface area contributed by atoms with Crippen LogP contribution < -0.4 is 0 Å². The lowest BCUT2D eigenvalue weighted by Gasteiger charge is -2.57. The van der Waals surface area contributed by atoms with Crippen molar-refractivity contribution in [3.8, 4) is 0 Å². The molecule has 6 unspecified atom stereocenters. The summed E-state index contributed by atoms with van der Waals surface area (Å²) in [5.41, 5.74) is 3.28. The Balaban J connectivity index is 1.91. The van der Waals surface area contributed by atoms with Crippen LogP contribution >= 0.6 is 0 Å². The largest absolute Gasteiger partial charge is 0.310 e. The summed E-state index contributed by atoms with van der Waals surface area (Å²) in [6.45, 7) is 13.9. The lowest BCUT2D eigenvalue weighted by molar-refractivity contribution is -0.0406. The first-order valence-electron chi connectivity index (χ1n) is 9.58. The third-order valence-electron chi connectivity index (χ3n) is 8.13. The molecule has 124 valence electrons. The van der Waals surface area contributed by atoms with E-state index in [4.69, 9.17) is 5.41 Å². The van der Waals surface area contributed by atoms with Crippen molar-refractivity contribution in [3.05, 3.63) is 12.2 Å². The van der Waals surface area contributed by atoms with Crippen molar-refractivity contribution in [2.75, 3.05) is 0 Å². The van der Waals surface area contributed by atoms with E-state index >= 15 is 0 Å². The van der Waals surface area contributed by atoms with Crippen molar-refractivity contribution in [1.29, 1.82) is 5.41 Å². The van der Waals surface area contributed by atoms with Gasteiger partial charge in [-0.1, -0.05) is 39.3 Å². The fraction of sp³-hybridized carbons (Fsp3) is 0.857. The van der Waals surface area contributed by atoms with Gasteiger partial charge in [0.2, 0.25) is 0 Å². The third-order valence-corrected chi connectivity index (χ3v) is 8.13. The summed E-state index contributed by atoms with van der Waals surface area (Å²) < 4.78 is 0. The first-order chi connectivity index (χ1) is 10.3. The van der Waals surface area contributed by atoms with Gasteiger partial charge in [0.05, 0.1) is 0 Å². The molecule has 1 N–H and O–H groups in total. The molecule has 0 spiro atoms. The second-order valence-electron chi connectivity index (χ2n) is 9.04. The Bertz CT molecular complexity index is 478. The molecule has 3 saturated carbocycles. The number of fused-ring (bicyclic) bond motifs is 3. The standard InChI is InChI=1S/C21H35N/c1-6-12-20(4)14(2)7-8-16-18-10-9-17(15(3)22)21(18,5)13-11-19(16)20/h16-19,22H,2,6-13H2,1,3-5H3. The van der Waals surface area contributed by atoms with Crippen molar-refractivity contribution in [2.45, 2.75) is 79.1 Å². The molecule has 0 heterocycles. The van der Waals surface area contributed by atoms with Crippen molar-refractivity contribution in [2.24, 2.45) is 34.5 Å². The summed E-state index contributed by atoms with van der Waals surface area (Å²) in [6.07, 6.45) is 10.6. The zero-order valence-electron chi connectivity index (χ0n) is 15.2. The van der Waals surface area contributed by atoms with E-state index in [-0.39, 0.29) is 0 Å². The Morgan fingerprint density at radius 1 is 1.18 bits per heavy atom. The van der Waals surface area contributed by atoms with Crippen LogP contribution in [0.15, 0.2) is 12.2 Å². The van der Waals surface area contributed by atoms with Crippen molar-refractivity contribution in [3.63, 3.8) is 0 Å². The maximum atomic E-state index is 8.23. The normalized spacial score (nSPS) is 47.9. The quantitative estimate of drug-likeness (QED) is 0.471. The molecule has 0 aromatic carbocycles. The van der Waals surface area contributed by atoms with E-state index in [0.29, 0.717) is 16.7 Å². The summed E-state index contributed by atoms with van der Waals surface area (Å²) in [4.78, 5) is 0. The van der Waals surface area contributed by atoms with E-state index in [1.165, 1.54) is 56.9 Å². The minimum atomic E-state index is 0.386. The summed E-state index contributed by atoms with van der Waals surface area (Å²) in [5, 5.41) is 8.23. The topological polar surface area (TPSA) is 23.9 Å². The first kappa shape index (κ1) is 16.3.